The zero-order valence-electron chi connectivity index (χ0n) is 16.4. The van der Waals surface area contributed by atoms with Crippen LogP contribution in [0, 0.1) is 0 Å². The number of amides is 2. The Morgan fingerprint density at radius 1 is 1.00 bits per heavy atom. The van der Waals surface area contributed by atoms with Crippen molar-refractivity contribution in [3.05, 3.63) is 78.1 Å². The van der Waals surface area contributed by atoms with E-state index < -0.39 is 11.9 Å². The van der Waals surface area contributed by atoms with Gasteiger partial charge >= 0.3 is 0 Å². The Morgan fingerprint density at radius 3 is 2.31 bits per heavy atom. The number of nitrogens with zero attached hydrogens (tertiary/aromatic N) is 3. The van der Waals surface area contributed by atoms with Gasteiger partial charge in [-0.15, -0.1) is 10.2 Å². The van der Waals surface area contributed by atoms with E-state index in [1.807, 2.05) is 36.4 Å². The summed E-state index contributed by atoms with van der Waals surface area (Å²) in [6.45, 7) is 7.89. The van der Waals surface area contributed by atoms with Crippen LogP contribution in [0.4, 0.5) is 0 Å². The zero-order valence-corrected chi connectivity index (χ0v) is 16.4. The average Bonchev–Trinajstić information content (AvgIpc) is 2.75. The standard InChI is InChI=1S/C22H23N5O2/c1-4-20(28)24-19(16-11-9-15(10-12-16)14(2)3)13-23-22(29)21-25-17-7-5-6-8-18(17)26-27-21/h4-12,14,19H,1,13H2,2-3H3,(H,23,29)(H,24,28). The first kappa shape index (κ1) is 20.1. The molecule has 3 rings (SSSR count). The Morgan fingerprint density at radius 2 is 1.66 bits per heavy atom. The Kier molecular flexibility index (Phi) is 6.29. The summed E-state index contributed by atoms with van der Waals surface area (Å²) in [5, 5.41) is 13.5. The van der Waals surface area contributed by atoms with Crippen LogP contribution in [0.25, 0.3) is 11.0 Å². The number of hydrogen-bond donors (Lipinski definition) is 2. The molecule has 7 heteroatoms. The second kappa shape index (κ2) is 9.05. The lowest BCUT2D eigenvalue weighted by atomic mass is 9.99. The molecule has 1 heterocycles. The highest BCUT2D eigenvalue weighted by atomic mass is 16.2. The molecule has 0 radical (unpaired) electrons. The molecule has 0 fully saturated rings. The van der Waals surface area contributed by atoms with Crippen molar-refractivity contribution in [2.24, 2.45) is 0 Å². The van der Waals surface area contributed by atoms with Gasteiger partial charge in [-0.2, -0.15) is 0 Å². The molecular formula is C22H23N5O2. The zero-order chi connectivity index (χ0) is 20.8. The number of carbonyl (C=O) groups is 2. The van der Waals surface area contributed by atoms with Crippen LogP contribution in [0.2, 0.25) is 0 Å². The Bertz CT molecular complexity index is 1030. The van der Waals surface area contributed by atoms with Crippen LogP contribution in [-0.4, -0.2) is 33.5 Å². The van der Waals surface area contributed by atoms with Crippen LogP contribution >= 0.6 is 0 Å². The summed E-state index contributed by atoms with van der Waals surface area (Å²) < 4.78 is 0. The molecule has 2 N–H and O–H groups in total. The van der Waals surface area contributed by atoms with Crippen molar-refractivity contribution in [1.29, 1.82) is 0 Å². The number of carbonyl (C=O) groups excluding carboxylic acids is 2. The van der Waals surface area contributed by atoms with E-state index in [1.165, 1.54) is 11.6 Å². The summed E-state index contributed by atoms with van der Waals surface area (Å²) in [5.41, 5.74) is 3.28. The van der Waals surface area contributed by atoms with Crippen LogP contribution in [0.15, 0.2) is 61.2 Å². The van der Waals surface area contributed by atoms with Crippen molar-refractivity contribution in [2.45, 2.75) is 25.8 Å². The number of hydrogen-bond acceptors (Lipinski definition) is 5. The van der Waals surface area contributed by atoms with Crippen LogP contribution in [0.5, 0.6) is 0 Å². The number of nitrogens with one attached hydrogen (secondary N) is 2. The molecular weight excluding hydrogens is 366 g/mol. The molecule has 1 aromatic heterocycles. The maximum atomic E-state index is 12.5. The molecule has 0 saturated heterocycles. The largest absolute Gasteiger partial charge is 0.347 e. The van der Waals surface area contributed by atoms with E-state index in [1.54, 1.807) is 12.1 Å². The second-order valence-electron chi connectivity index (χ2n) is 6.92. The topological polar surface area (TPSA) is 96.9 Å². The molecule has 3 aromatic rings. The van der Waals surface area contributed by atoms with Gasteiger partial charge in [-0.3, -0.25) is 9.59 Å². The van der Waals surface area contributed by atoms with Crippen molar-refractivity contribution in [3.8, 4) is 0 Å². The molecule has 0 bridgehead atoms. The average molecular weight is 389 g/mol. The highest BCUT2D eigenvalue weighted by Crippen LogP contribution is 2.19. The highest BCUT2D eigenvalue weighted by molar-refractivity contribution is 5.92. The molecule has 0 saturated carbocycles. The Labute approximate surface area is 169 Å². The predicted octanol–water partition coefficient (Wildman–Crippen LogP) is 2.92. The molecule has 0 aliphatic carbocycles. The first-order valence-corrected chi connectivity index (χ1v) is 9.38. The summed E-state index contributed by atoms with van der Waals surface area (Å²) in [4.78, 5) is 28.6. The molecule has 1 atom stereocenters. The van der Waals surface area contributed by atoms with E-state index in [-0.39, 0.29) is 18.3 Å². The third-order valence-electron chi connectivity index (χ3n) is 4.54. The first-order chi connectivity index (χ1) is 14.0. The van der Waals surface area contributed by atoms with Crippen molar-refractivity contribution < 1.29 is 9.59 Å². The van der Waals surface area contributed by atoms with Crippen molar-refractivity contribution >= 4 is 22.8 Å². The Balaban J connectivity index is 1.75. The van der Waals surface area contributed by atoms with E-state index >= 15 is 0 Å². The summed E-state index contributed by atoms with van der Waals surface area (Å²) >= 11 is 0. The monoisotopic (exact) mass is 389 g/mol. The van der Waals surface area contributed by atoms with Crippen molar-refractivity contribution in [2.75, 3.05) is 6.54 Å². The summed E-state index contributed by atoms with van der Waals surface area (Å²) in [7, 11) is 0. The molecule has 148 valence electrons. The number of para-hydroxylation sites is 1. The summed E-state index contributed by atoms with van der Waals surface area (Å²) in [6, 6.07) is 14.7. The molecule has 29 heavy (non-hydrogen) atoms. The molecule has 1 unspecified atom stereocenters. The smallest absolute Gasteiger partial charge is 0.291 e. The van der Waals surface area contributed by atoms with E-state index in [2.05, 4.69) is 46.2 Å². The lowest BCUT2D eigenvalue weighted by Gasteiger charge is -2.19. The highest BCUT2D eigenvalue weighted by Gasteiger charge is 2.17. The number of aromatic nitrogens is 3. The fraction of sp³-hybridized carbons (Fsp3) is 0.227. The van der Waals surface area contributed by atoms with E-state index in [4.69, 9.17) is 0 Å². The summed E-state index contributed by atoms with van der Waals surface area (Å²) in [5.74, 6) is -0.393. The van der Waals surface area contributed by atoms with E-state index in [9.17, 15) is 9.59 Å². The van der Waals surface area contributed by atoms with Crippen LogP contribution in [0.1, 0.15) is 47.6 Å². The molecule has 0 spiro atoms. The number of fused-ring (bicyclic) bond motifs is 1. The van der Waals surface area contributed by atoms with Crippen molar-refractivity contribution in [3.63, 3.8) is 0 Å². The minimum absolute atomic E-state index is 0.0207. The SMILES string of the molecule is C=CC(=O)NC(CNC(=O)c1nnc2ccccc2n1)c1ccc(C(C)C)cc1. The normalized spacial score (nSPS) is 11.8. The van der Waals surface area contributed by atoms with Crippen LogP contribution in [-0.2, 0) is 4.79 Å². The number of benzene rings is 2. The fourth-order valence-electron chi connectivity index (χ4n) is 2.85. The molecule has 2 aromatic carbocycles. The maximum Gasteiger partial charge on any atom is 0.291 e. The van der Waals surface area contributed by atoms with E-state index in [0.717, 1.165) is 5.56 Å². The third kappa shape index (κ3) is 5.01. The van der Waals surface area contributed by atoms with Crippen LogP contribution in [0.3, 0.4) is 0 Å². The van der Waals surface area contributed by atoms with Gasteiger partial charge in [-0.05, 0) is 35.3 Å². The summed E-state index contributed by atoms with van der Waals surface area (Å²) in [6.07, 6.45) is 1.20. The van der Waals surface area contributed by atoms with Gasteiger partial charge in [0.2, 0.25) is 11.7 Å². The molecule has 0 aliphatic rings. The minimum atomic E-state index is -0.458. The van der Waals surface area contributed by atoms with Crippen LogP contribution < -0.4 is 10.6 Å². The second-order valence-corrected chi connectivity index (χ2v) is 6.92. The predicted molar refractivity (Wildman–Crippen MR) is 111 cm³/mol. The maximum absolute atomic E-state index is 12.5. The molecule has 7 nitrogen and oxygen atoms in total. The van der Waals surface area contributed by atoms with Crippen molar-refractivity contribution in [1.82, 2.24) is 25.8 Å². The van der Waals surface area contributed by atoms with Gasteiger partial charge in [-0.1, -0.05) is 56.8 Å². The van der Waals surface area contributed by atoms with E-state index in [0.29, 0.717) is 17.0 Å². The molecule has 2 amide bonds. The first-order valence-electron chi connectivity index (χ1n) is 9.38. The lowest BCUT2D eigenvalue weighted by molar-refractivity contribution is -0.117. The van der Waals surface area contributed by atoms with Gasteiger partial charge in [0, 0.05) is 6.54 Å². The minimum Gasteiger partial charge on any atom is -0.347 e. The van der Waals surface area contributed by atoms with Gasteiger partial charge in [0.15, 0.2) is 0 Å². The fourth-order valence-corrected chi connectivity index (χ4v) is 2.85. The quantitative estimate of drug-likeness (QED) is 0.606. The van der Waals surface area contributed by atoms with Gasteiger partial charge in [0.05, 0.1) is 11.6 Å². The van der Waals surface area contributed by atoms with Gasteiger partial charge < -0.3 is 10.6 Å². The van der Waals surface area contributed by atoms with Gasteiger partial charge in [0.1, 0.15) is 5.52 Å². The van der Waals surface area contributed by atoms with Gasteiger partial charge in [0.25, 0.3) is 5.91 Å². The molecule has 0 aliphatic heterocycles. The third-order valence-corrected chi connectivity index (χ3v) is 4.54. The lowest BCUT2D eigenvalue weighted by Crippen LogP contribution is -2.37. The Hall–Kier alpha value is -3.61. The van der Waals surface area contributed by atoms with Gasteiger partial charge in [-0.25, -0.2) is 4.98 Å². The number of rotatable bonds is 7.